The van der Waals surface area contributed by atoms with Gasteiger partial charge in [-0.3, -0.25) is 0 Å². The Bertz CT molecular complexity index is 912. The van der Waals surface area contributed by atoms with Gasteiger partial charge in [-0.2, -0.15) is 4.40 Å². The van der Waals surface area contributed by atoms with Crippen LogP contribution in [0.4, 0.5) is 0 Å². The summed E-state index contributed by atoms with van der Waals surface area (Å²) in [7, 11) is -1.29. The van der Waals surface area contributed by atoms with Gasteiger partial charge in [0.15, 0.2) is 0 Å². The molecule has 0 amide bonds. The largest absolute Gasteiger partial charge is 0.247 e. The molecule has 1 atom stereocenters. The highest BCUT2D eigenvalue weighted by Gasteiger charge is 2.18. The highest BCUT2D eigenvalue weighted by Crippen LogP contribution is 2.25. The summed E-state index contributed by atoms with van der Waals surface area (Å²) in [5.41, 5.74) is 3.68. The third-order valence-electron chi connectivity index (χ3n) is 3.61. The van der Waals surface area contributed by atoms with Gasteiger partial charge in [-0.1, -0.05) is 48.5 Å². The van der Waals surface area contributed by atoms with E-state index in [2.05, 4.69) is 4.40 Å². The molecule has 122 valence electrons. The van der Waals surface area contributed by atoms with Gasteiger partial charge in [-0.05, 0) is 32.9 Å². The molecule has 0 N–H and O–H groups in total. The molecular formula is C20H20N2OS. The molecule has 0 radical (unpaired) electrons. The van der Waals surface area contributed by atoms with E-state index in [0.29, 0.717) is 0 Å². The van der Waals surface area contributed by atoms with Gasteiger partial charge in [-0.15, -0.1) is 0 Å². The summed E-state index contributed by atoms with van der Waals surface area (Å²) in [6.45, 7) is 5.74. The van der Waals surface area contributed by atoms with Gasteiger partial charge in [0.2, 0.25) is 0 Å². The minimum absolute atomic E-state index is 0.381. The molecule has 3 rings (SSSR count). The first-order chi connectivity index (χ1) is 11.4. The maximum Gasteiger partial charge on any atom is 0.144 e. The van der Waals surface area contributed by atoms with Crippen molar-refractivity contribution in [3.8, 4) is 11.3 Å². The molecule has 24 heavy (non-hydrogen) atoms. The number of rotatable bonds is 3. The van der Waals surface area contributed by atoms with Crippen LogP contribution in [0.1, 0.15) is 26.3 Å². The minimum atomic E-state index is -1.29. The van der Waals surface area contributed by atoms with Crippen LogP contribution in [0, 0.1) is 0 Å². The lowest BCUT2D eigenvalue weighted by Crippen LogP contribution is -2.19. The average Bonchev–Trinajstić information content (AvgIpc) is 2.58. The zero-order chi connectivity index (χ0) is 17.2. The number of nitrogens with zero attached hydrogens (tertiary/aromatic N) is 2. The maximum atomic E-state index is 12.2. The van der Waals surface area contributed by atoms with E-state index < -0.39 is 11.0 Å². The monoisotopic (exact) mass is 336 g/mol. The maximum absolute atomic E-state index is 12.2. The Labute approximate surface area is 145 Å². The molecule has 3 aromatic rings. The molecule has 0 aliphatic rings. The van der Waals surface area contributed by atoms with E-state index in [4.69, 9.17) is 4.98 Å². The average molecular weight is 336 g/mol. The van der Waals surface area contributed by atoms with Crippen LogP contribution in [0.3, 0.4) is 0 Å². The molecule has 4 heteroatoms. The van der Waals surface area contributed by atoms with Crippen LogP contribution in [0.2, 0.25) is 0 Å². The number of hydrogen-bond donors (Lipinski definition) is 0. The Balaban J connectivity index is 2.14. The first-order valence-electron chi connectivity index (χ1n) is 7.86. The molecule has 0 aliphatic carbocycles. The molecule has 0 bridgehead atoms. The van der Waals surface area contributed by atoms with E-state index in [0.717, 1.165) is 27.7 Å². The van der Waals surface area contributed by atoms with E-state index in [1.165, 1.54) is 0 Å². The second-order valence-electron chi connectivity index (χ2n) is 6.58. The fourth-order valence-corrected chi connectivity index (χ4v) is 2.85. The standard InChI is InChI=1S/C20H20N2OS/c1-20(2,3)24(23)21-14-17-13-16-11-7-8-12-18(16)22-19(17)15-9-5-4-6-10-15/h4-14H,1-3H3/b21-14+/t24-/m0/s1. The van der Waals surface area contributed by atoms with Crippen molar-refractivity contribution in [1.29, 1.82) is 0 Å². The summed E-state index contributed by atoms with van der Waals surface area (Å²) in [5.74, 6) is 0. The summed E-state index contributed by atoms with van der Waals surface area (Å²) in [6.07, 6.45) is 1.68. The first-order valence-corrected chi connectivity index (χ1v) is 8.97. The van der Waals surface area contributed by atoms with E-state index in [1.54, 1.807) is 6.21 Å². The lowest BCUT2D eigenvalue weighted by atomic mass is 10.0. The summed E-state index contributed by atoms with van der Waals surface area (Å²) in [5, 5.41) is 1.04. The van der Waals surface area contributed by atoms with E-state index in [9.17, 15) is 4.21 Å². The van der Waals surface area contributed by atoms with Gasteiger partial charge in [0.05, 0.1) is 16.0 Å². The lowest BCUT2D eigenvalue weighted by molar-refractivity contribution is 0.651. The Morgan fingerprint density at radius 1 is 1.00 bits per heavy atom. The molecule has 0 aliphatic heterocycles. The van der Waals surface area contributed by atoms with Crippen molar-refractivity contribution in [3.63, 3.8) is 0 Å². The predicted octanol–water partition coefficient (Wildman–Crippen LogP) is 4.78. The molecule has 0 spiro atoms. The molecular weight excluding hydrogens is 316 g/mol. The normalized spacial score (nSPS) is 13.5. The molecule has 2 aromatic carbocycles. The van der Waals surface area contributed by atoms with Crippen molar-refractivity contribution in [2.24, 2.45) is 4.40 Å². The van der Waals surface area contributed by atoms with Gasteiger partial charge in [-0.25, -0.2) is 9.19 Å². The number of benzene rings is 2. The molecule has 0 unspecified atom stereocenters. The summed E-state index contributed by atoms with van der Waals surface area (Å²) in [6, 6.07) is 20.0. The van der Waals surface area contributed by atoms with Crippen molar-refractivity contribution in [3.05, 3.63) is 66.2 Å². The fraction of sp³-hybridized carbons (Fsp3) is 0.200. The summed E-state index contributed by atoms with van der Waals surface area (Å²) < 4.78 is 16.1. The predicted molar refractivity (Wildman–Crippen MR) is 103 cm³/mol. The van der Waals surface area contributed by atoms with Crippen molar-refractivity contribution in [2.45, 2.75) is 25.5 Å². The SMILES string of the molecule is CC(C)(C)[S@](=O)/N=C/c1cc2ccccc2nc1-c1ccccc1. The summed E-state index contributed by atoms with van der Waals surface area (Å²) >= 11 is 0. The van der Waals surface area contributed by atoms with Gasteiger partial charge >= 0.3 is 0 Å². The van der Waals surface area contributed by atoms with Crippen LogP contribution in [-0.4, -0.2) is 20.2 Å². The van der Waals surface area contributed by atoms with Crippen LogP contribution < -0.4 is 0 Å². The summed E-state index contributed by atoms with van der Waals surface area (Å²) in [4.78, 5) is 4.80. The number of pyridine rings is 1. The quantitative estimate of drug-likeness (QED) is 0.646. The lowest BCUT2D eigenvalue weighted by Gasteiger charge is -2.13. The Morgan fingerprint density at radius 2 is 1.67 bits per heavy atom. The molecule has 0 fully saturated rings. The second-order valence-corrected chi connectivity index (χ2v) is 8.51. The zero-order valence-corrected chi connectivity index (χ0v) is 14.9. The Kier molecular flexibility index (Phi) is 4.58. The number of para-hydroxylation sites is 1. The highest BCUT2D eigenvalue weighted by molar-refractivity contribution is 7.85. The third kappa shape index (κ3) is 3.60. The minimum Gasteiger partial charge on any atom is -0.247 e. The van der Waals surface area contributed by atoms with Crippen LogP contribution in [0.15, 0.2) is 65.1 Å². The molecule has 1 aromatic heterocycles. The van der Waals surface area contributed by atoms with Gasteiger partial charge < -0.3 is 0 Å². The Hall–Kier alpha value is -2.33. The van der Waals surface area contributed by atoms with Crippen LogP contribution in [0.25, 0.3) is 22.2 Å². The number of aromatic nitrogens is 1. The number of fused-ring (bicyclic) bond motifs is 1. The van der Waals surface area contributed by atoms with Gasteiger partial charge in [0.1, 0.15) is 11.0 Å². The Morgan fingerprint density at radius 3 is 2.38 bits per heavy atom. The topological polar surface area (TPSA) is 42.3 Å². The van der Waals surface area contributed by atoms with Gasteiger partial charge in [0.25, 0.3) is 0 Å². The van der Waals surface area contributed by atoms with Crippen LogP contribution in [-0.2, 0) is 11.0 Å². The van der Waals surface area contributed by atoms with Crippen LogP contribution in [0.5, 0.6) is 0 Å². The van der Waals surface area contributed by atoms with Crippen LogP contribution >= 0.6 is 0 Å². The fourth-order valence-electron chi connectivity index (χ4n) is 2.32. The van der Waals surface area contributed by atoms with E-state index >= 15 is 0 Å². The van der Waals surface area contributed by atoms with Gasteiger partial charge in [0, 0.05) is 22.7 Å². The zero-order valence-electron chi connectivity index (χ0n) is 14.1. The second kappa shape index (κ2) is 6.65. The highest BCUT2D eigenvalue weighted by atomic mass is 32.2. The first kappa shape index (κ1) is 16.5. The van der Waals surface area contributed by atoms with Crippen molar-refractivity contribution in [2.75, 3.05) is 0 Å². The van der Waals surface area contributed by atoms with E-state index in [1.807, 2.05) is 81.4 Å². The van der Waals surface area contributed by atoms with Crippen molar-refractivity contribution in [1.82, 2.24) is 4.98 Å². The van der Waals surface area contributed by atoms with Crippen molar-refractivity contribution >= 4 is 28.1 Å². The van der Waals surface area contributed by atoms with E-state index in [-0.39, 0.29) is 4.75 Å². The van der Waals surface area contributed by atoms with Crippen molar-refractivity contribution < 1.29 is 4.21 Å². The number of hydrogen-bond acceptors (Lipinski definition) is 2. The molecule has 1 heterocycles. The third-order valence-corrected chi connectivity index (χ3v) is 4.96. The smallest absolute Gasteiger partial charge is 0.144 e. The molecule has 0 saturated heterocycles. The molecule has 3 nitrogen and oxygen atoms in total. The molecule has 0 saturated carbocycles.